The fourth-order valence-corrected chi connectivity index (χ4v) is 2.93. The van der Waals surface area contributed by atoms with E-state index in [4.69, 9.17) is 0 Å². The van der Waals surface area contributed by atoms with Gasteiger partial charge in [0.2, 0.25) is 0 Å². The van der Waals surface area contributed by atoms with E-state index in [1.54, 1.807) is 11.8 Å². The zero-order valence-electron chi connectivity index (χ0n) is 13.3. The number of hydrogen-bond acceptors (Lipinski definition) is 3. The van der Waals surface area contributed by atoms with E-state index >= 15 is 0 Å². The molecule has 1 aromatic carbocycles. The molecular weight excluding hydrogens is 276 g/mol. The van der Waals surface area contributed by atoms with Crippen molar-refractivity contribution in [1.82, 2.24) is 10.3 Å². The lowest BCUT2D eigenvalue weighted by atomic mass is 9.87. The van der Waals surface area contributed by atoms with Crippen LogP contribution >= 0.6 is 11.8 Å². The Kier molecular flexibility index (Phi) is 5.43. The molecule has 0 fully saturated rings. The highest BCUT2D eigenvalue weighted by atomic mass is 32.2. The van der Waals surface area contributed by atoms with E-state index in [1.807, 2.05) is 12.3 Å². The van der Waals surface area contributed by atoms with Crippen LogP contribution in [0.5, 0.6) is 0 Å². The van der Waals surface area contributed by atoms with E-state index in [0.29, 0.717) is 0 Å². The number of aromatic nitrogens is 1. The van der Waals surface area contributed by atoms with Crippen LogP contribution in [0, 0.1) is 0 Å². The molecule has 0 aliphatic heterocycles. The number of pyridine rings is 1. The van der Waals surface area contributed by atoms with Gasteiger partial charge in [-0.1, -0.05) is 57.7 Å². The predicted molar refractivity (Wildman–Crippen MR) is 90.9 cm³/mol. The minimum atomic E-state index is 0.199. The maximum Gasteiger partial charge on any atom is 0.105 e. The first-order chi connectivity index (χ1) is 10.0. The van der Waals surface area contributed by atoms with Crippen molar-refractivity contribution >= 4 is 11.8 Å². The molecule has 0 aliphatic rings. The zero-order chi connectivity index (χ0) is 15.3. The Balaban J connectivity index is 2.15. The molecule has 0 saturated heterocycles. The van der Waals surface area contributed by atoms with E-state index in [1.165, 1.54) is 16.0 Å². The Labute approximate surface area is 132 Å². The van der Waals surface area contributed by atoms with Crippen molar-refractivity contribution in [3.05, 3.63) is 53.7 Å². The van der Waals surface area contributed by atoms with Crippen LogP contribution in [-0.2, 0) is 12.0 Å². The molecule has 0 unspecified atom stereocenters. The standard InChI is InChI=1S/C18H24N2S/c1-5-19-13-14-7-6-12-20-17(14)21-16-10-8-15(9-11-16)18(2,3)4/h6-12,19H,5,13H2,1-4H3. The largest absolute Gasteiger partial charge is 0.313 e. The highest BCUT2D eigenvalue weighted by Gasteiger charge is 2.13. The summed E-state index contributed by atoms with van der Waals surface area (Å²) >= 11 is 1.73. The van der Waals surface area contributed by atoms with Gasteiger partial charge in [0.1, 0.15) is 5.03 Å². The van der Waals surface area contributed by atoms with Crippen molar-refractivity contribution in [3.63, 3.8) is 0 Å². The Morgan fingerprint density at radius 2 is 1.81 bits per heavy atom. The van der Waals surface area contributed by atoms with E-state index in [-0.39, 0.29) is 5.41 Å². The topological polar surface area (TPSA) is 24.9 Å². The van der Waals surface area contributed by atoms with Crippen molar-refractivity contribution in [3.8, 4) is 0 Å². The Hall–Kier alpha value is -1.32. The summed E-state index contributed by atoms with van der Waals surface area (Å²) in [5.74, 6) is 0. The molecule has 112 valence electrons. The minimum absolute atomic E-state index is 0.199. The van der Waals surface area contributed by atoms with Gasteiger partial charge in [-0.05, 0) is 41.3 Å². The number of hydrogen-bond donors (Lipinski definition) is 1. The molecule has 0 spiro atoms. The SMILES string of the molecule is CCNCc1cccnc1Sc1ccc(C(C)(C)C)cc1. The smallest absolute Gasteiger partial charge is 0.105 e. The van der Waals surface area contributed by atoms with Crippen molar-refractivity contribution in [1.29, 1.82) is 0 Å². The van der Waals surface area contributed by atoms with Crippen LogP contribution in [-0.4, -0.2) is 11.5 Å². The summed E-state index contributed by atoms with van der Waals surface area (Å²) in [6, 6.07) is 13.0. The molecule has 0 amide bonds. The predicted octanol–water partition coefficient (Wildman–Crippen LogP) is 4.64. The minimum Gasteiger partial charge on any atom is -0.313 e. The fourth-order valence-electron chi connectivity index (χ4n) is 2.04. The third-order valence-electron chi connectivity index (χ3n) is 3.35. The fraction of sp³-hybridized carbons (Fsp3) is 0.389. The summed E-state index contributed by atoms with van der Waals surface area (Å²) in [6.07, 6.45) is 1.86. The maximum atomic E-state index is 4.52. The molecule has 0 radical (unpaired) electrons. The molecule has 0 aliphatic carbocycles. The molecule has 1 aromatic heterocycles. The van der Waals surface area contributed by atoms with Gasteiger partial charge in [0.15, 0.2) is 0 Å². The second-order valence-electron chi connectivity index (χ2n) is 6.12. The van der Waals surface area contributed by atoms with E-state index in [9.17, 15) is 0 Å². The van der Waals surface area contributed by atoms with Gasteiger partial charge in [0.25, 0.3) is 0 Å². The summed E-state index contributed by atoms with van der Waals surface area (Å²) in [5, 5.41) is 4.45. The molecule has 2 nitrogen and oxygen atoms in total. The van der Waals surface area contributed by atoms with Crippen LogP contribution in [0.2, 0.25) is 0 Å². The van der Waals surface area contributed by atoms with Crippen LogP contribution in [0.3, 0.4) is 0 Å². The Morgan fingerprint density at radius 1 is 1.10 bits per heavy atom. The molecule has 3 heteroatoms. The molecule has 2 aromatic rings. The quantitative estimate of drug-likeness (QED) is 0.870. The van der Waals surface area contributed by atoms with Crippen molar-refractivity contribution in [2.45, 2.75) is 49.6 Å². The molecule has 0 saturated carbocycles. The van der Waals surface area contributed by atoms with E-state index < -0.39 is 0 Å². The van der Waals surface area contributed by atoms with Crippen molar-refractivity contribution in [2.75, 3.05) is 6.54 Å². The molecule has 1 heterocycles. The third-order valence-corrected chi connectivity index (χ3v) is 4.42. The molecule has 0 bridgehead atoms. The van der Waals surface area contributed by atoms with Gasteiger partial charge in [-0.15, -0.1) is 0 Å². The maximum absolute atomic E-state index is 4.52. The van der Waals surface area contributed by atoms with Crippen LogP contribution in [0.25, 0.3) is 0 Å². The first-order valence-electron chi connectivity index (χ1n) is 7.43. The van der Waals surface area contributed by atoms with Crippen LogP contribution in [0.15, 0.2) is 52.5 Å². The first-order valence-corrected chi connectivity index (χ1v) is 8.25. The molecular formula is C18H24N2S. The van der Waals surface area contributed by atoms with Gasteiger partial charge >= 0.3 is 0 Å². The molecule has 1 N–H and O–H groups in total. The van der Waals surface area contributed by atoms with Gasteiger partial charge in [0, 0.05) is 17.6 Å². The second-order valence-corrected chi connectivity index (χ2v) is 7.19. The Bertz CT molecular complexity index is 571. The number of rotatable bonds is 5. The van der Waals surface area contributed by atoms with E-state index in [2.05, 4.69) is 68.3 Å². The third kappa shape index (κ3) is 4.58. The van der Waals surface area contributed by atoms with Crippen molar-refractivity contribution in [2.24, 2.45) is 0 Å². The molecule has 21 heavy (non-hydrogen) atoms. The summed E-state index contributed by atoms with van der Waals surface area (Å²) in [5.41, 5.74) is 2.81. The highest BCUT2D eigenvalue weighted by Crippen LogP contribution is 2.30. The first kappa shape index (κ1) is 16.1. The zero-order valence-corrected chi connectivity index (χ0v) is 14.1. The number of benzene rings is 1. The Morgan fingerprint density at radius 3 is 2.43 bits per heavy atom. The van der Waals surface area contributed by atoms with Gasteiger partial charge < -0.3 is 5.32 Å². The monoisotopic (exact) mass is 300 g/mol. The van der Waals surface area contributed by atoms with Gasteiger partial charge in [-0.3, -0.25) is 0 Å². The lowest BCUT2D eigenvalue weighted by Crippen LogP contribution is -2.12. The lowest BCUT2D eigenvalue weighted by molar-refractivity contribution is 0.590. The average molecular weight is 300 g/mol. The highest BCUT2D eigenvalue weighted by molar-refractivity contribution is 7.99. The van der Waals surface area contributed by atoms with Gasteiger partial charge in [-0.2, -0.15) is 0 Å². The van der Waals surface area contributed by atoms with Crippen LogP contribution < -0.4 is 5.32 Å². The molecule has 2 rings (SSSR count). The number of nitrogens with one attached hydrogen (secondary N) is 1. The lowest BCUT2D eigenvalue weighted by Gasteiger charge is -2.19. The van der Waals surface area contributed by atoms with Crippen LogP contribution in [0.4, 0.5) is 0 Å². The van der Waals surface area contributed by atoms with Gasteiger partial charge in [-0.25, -0.2) is 4.98 Å². The van der Waals surface area contributed by atoms with E-state index in [0.717, 1.165) is 18.1 Å². The number of nitrogens with zero attached hydrogens (tertiary/aromatic N) is 1. The molecule has 0 atom stereocenters. The summed E-state index contributed by atoms with van der Waals surface area (Å²) < 4.78 is 0. The van der Waals surface area contributed by atoms with Gasteiger partial charge in [0.05, 0.1) is 0 Å². The summed E-state index contributed by atoms with van der Waals surface area (Å²) in [4.78, 5) is 5.76. The summed E-state index contributed by atoms with van der Waals surface area (Å²) in [6.45, 7) is 10.7. The van der Waals surface area contributed by atoms with Crippen molar-refractivity contribution < 1.29 is 0 Å². The summed E-state index contributed by atoms with van der Waals surface area (Å²) in [7, 11) is 0. The van der Waals surface area contributed by atoms with Crippen LogP contribution in [0.1, 0.15) is 38.8 Å². The normalized spacial score (nSPS) is 11.6. The second kappa shape index (κ2) is 7.10. The average Bonchev–Trinajstić information content (AvgIpc) is 2.46.